The number of alkyl halides is 3. The van der Waals surface area contributed by atoms with Gasteiger partial charge in [0.2, 0.25) is 0 Å². The van der Waals surface area contributed by atoms with Gasteiger partial charge in [0.15, 0.2) is 0 Å². The smallest absolute Gasteiger partial charge is 0.416 e. The number of amides is 1. The van der Waals surface area contributed by atoms with Gasteiger partial charge in [0, 0.05) is 24.3 Å². The molecule has 1 heterocycles. The molecule has 0 bridgehead atoms. The summed E-state index contributed by atoms with van der Waals surface area (Å²) in [6.45, 7) is 1.68. The Balaban J connectivity index is 1.91. The second kappa shape index (κ2) is 8.37. The minimum absolute atomic E-state index is 0.0588. The van der Waals surface area contributed by atoms with Gasteiger partial charge in [-0.25, -0.2) is 4.79 Å². The number of carbonyl (C=O) groups is 1. The van der Waals surface area contributed by atoms with E-state index in [-0.39, 0.29) is 18.1 Å². The first-order valence-corrected chi connectivity index (χ1v) is 9.52. The van der Waals surface area contributed by atoms with Crippen molar-refractivity contribution in [1.82, 2.24) is 10.6 Å². The van der Waals surface area contributed by atoms with Crippen LogP contribution in [0.2, 0.25) is 0 Å². The molecule has 150 valence electrons. The van der Waals surface area contributed by atoms with Gasteiger partial charge in [0.05, 0.1) is 11.6 Å². The molecular formula is C19H26F3N3O2. The van der Waals surface area contributed by atoms with Crippen LogP contribution >= 0.6 is 0 Å². The summed E-state index contributed by atoms with van der Waals surface area (Å²) in [7, 11) is 0. The predicted octanol–water partition coefficient (Wildman–Crippen LogP) is 3.84. The number of hydrogen-bond acceptors (Lipinski definition) is 3. The first-order valence-electron chi connectivity index (χ1n) is 9.52. The lowest BCUT2D eigenvalue weighted by Gasteiger charge is -2.46. The van der Waals surface area contributed by atoms with Crippen molar-refractivity contribution in [1.29, 1.82) is 0 Å². The lowest BCUT2D eigenvalue weighted by molar-refractivity contribution is -0.137. The number of piperidine rings is 1. The minimum atomic E-state index is -4.37. The molecule has 2 aliphatic rings. The average molecular weight is 385 g/mol. The fourth-order valence-electron chi connectivity index (χ4n) is 4.34. The minimum Gasteiger partial charge on any atom is -0.465 e. The van der Waals surface area contributed by atoms with Crippen molar-refractivity contribution in [2.45, 2.75) is 62.8 Å². The van der Waals surface area contributed by atoms with Crippen LogP contribution in [0.3, 0.4) is 0 Å². The summed E-state index contributed by atoms with van der Waals surface area (Å²) < 4.78 is 38.8. The Morgan fingerprint density at radius 2 is 1.81 bits per heavy atom. The van der Waals surface area contributed by atoms with E-state index in [1.807, 2.05) is 0 Å². The van der Waals surface area contributed by atoms with Crippen LogP contribution in [-0.4, -0.2) is 42.4 Å². The van der Waals surface area contributed by atoms with E-state index in [0.717, 1.165) is 69.4 Å². The molecule has 1 aliphatic heterocycles. The number of benzene rings is 1. The molecule has 0 aromatic heterocycles. The molecule has 8 heteroatoms. The Hall–Kier alpha value is -1.96. The number of nitrogens with zero attached hydrogens (tertiary/aromatic N) is 1. The van der Waals surface area contributed by atoms with Crippen LogP contribution < -0.4 is 15.5 Å². The molecule has 1 aliphatic carbocycles. The molecule has 0 radical (unpaired) electrons. The predicted molar refractivity (Wildman–Crippen MR) is 97.0 cm³/mol. The molecule has 2 fully saturated rings. The summed E-state index contributed by atoms with van der Waals surface area (Å²) in [4.78, 5) is 13.4. The Morgan fingerprint density at radius 3 is 2.41 bits per heavy atom. The van der Waals surface area contributed by atoms with Crippen LogP contribution in [0, 0.1) is 0 Å². The van der Waals surface area contributed by atoms with Crippen LogP contribution in [0.15, 0.2) is 24.3 Å². The van der Waals surface area contributed by atoms with Gasteiger partial charge in [-0.15, -0.1) is 0 Å². The third-order valence-electron chi connectivity index (χ3n) is 5.55. The number of nitrogens with one attached hydrogen (secondary N) is 2. The molecule has 1 saturated heterocycles. The van der Waals surface area contributed by atoms with Gasteiger partial charge in [0.25, 0.3) is 0 Å². The Labute approximate surface area is 156 Å². The standard InChI is InChI=1S/C19H26F3N3O2/c20-19(21,22)13-7-9-14(10-8-13)25(15-4-3-11-23-12-15)17-6-2-1-5-16(17)24-18(26)27/h7-10,15-17,23-24H,1-6,11-12H2,(H,26,27)/t15-,16+,17+/m0/s1. The van der Waals surface area contributed by atoms with E-state index in [1.54, 1.807) is 0 Å². The van der Waals surface area contributed by atoms with Crippen molar-refractivity contribution in [2.75, 3.05) is 18.0 Å². The van der Waals surface area contributed by atoms with Crippen molar-refractivity contribution in [2.24, 2.45) is 0 Å². The van der Waals surface area contributed by atoms with Crippen molar-refractivity contribution in [3.05, 3.63) is 29.8 Å². The van der Waals surface area contributed by atoms with E-state index in [0.29, 0.717) is 0 Å². The summed E-state index contributed by atoms with van der Waals surface area (Å²) in [5.74, 6) is 0. The molecule has 27 heavy (non-hydrogen) atoms. The fraction of sp³-hybridized carbons (Fsp3) is 0.632. The van der Waals surface area contributed by atoms with Gasteiger partial charge >= 0.3 is 12.3 Å². The van der Waals surface area contributed by atoms with E-state index >= 15 is 0 Å². The van der Waals surface area contributed by atoms with Crippen molar-refractivity contribution in [3.63, 3.8) is 0 Å². The summed E-state index contributed by atoms with van der Waals surface area (Å²) in [5, 5.41) is 15.2. The Bertz CT molecular complexity index is 630. The summed E-state index contributed by atoms with van der Waals surface area (Å²) >= 11 is 0. The molecule has 1 aromatic rings. The summed E-state index contributed by atoms with van der Waals surface area (Å²) in [6.07, 6.45) is 0.00645. The molecule has 1 aromatic carbocycles. The maximum Gasteiger partial charge on any atom is 0.416 e. The highest BCUT2D eigenvalue weighted by Gasteiger charge is 2.36. The zero-order valence-corrected chi connectivity index (χ0v) is 15.1. The van der Waals surface area contributed by atoms with Crippen molar-refractivity contribution < 1.29 is 23.1 Å². The maximum atomic E-state index is 12.9. The van der Waals surface area contributed by atoms with E-state index < -0.39 is 17.8 Å². The molecule has 1 amide bonds. The number of hydrogen-bond donors (Lipinski definition) is 3. The maximum absolute atomic E-state index is 12.9. The lowest BCUT2D eigenvalue weighted by atomic mass is 9.87. The lowest BCUT2D eigenvalue weighted by Crippen LogP contribution is -2.59. The SMILES string of the molecule is O=C(O)N[C@@H]1CCCC[C@H]1N(c1ccc(C(F)(F)F)cc1)[C@H]1CCCNC1. The quantitative estimate of drug-likeness (QED) is 0.737. The first kappa shape index (κ1) is 19.8. The molecule has 5 nitrogen and oxygen atoms in total. The van der Waals surface area contributed by atoms with Crippen LogP contribution in [0.25, 0.3) is 0 Å². The number of rotatable bonds is 4. The highest BCUT2D eigenvalue weighted by atomic mass is 19.4. The van der Waals surface area contributed by atoms with Gasteiger partial charge in [-0.1, -0.05) is 12.8 Å². The largest absolute Gasteiger partial charge is 0.465 e. The van der Waals surface area contributed by atoms with Crippen molar-refractivity contribution >= 4 is 11.8 Å². The first-order chi connectivity index (χ1) is 12.9. The highest BCUT2D eigenvalue weighted by molar-refractivity contribution is 5.65. The molecule has 0 unspecified atom stereocenters. The topological polar surface area (TPSA) is 64.6 Å². The second-order valence-electron chi connectivity index (χ2n) is 7.36. The Kier molecular flexibility index (Phi) is 6.14. The van der Waals surface area contributed by atoms with Crippen LogP contribution in [0.1, 0.15) is 44.1 Å². The highest BCUT2D eigenvalue weighted by Crippen LogP contribution is 2.34. The number of carboxylic acid groups (broad SMARTS) is 1. The van der Waals surface area contributed by atoms with Gasteiger partial charge < -0.3 is 20.6 Å². The molecule has 3 atom stereocenters. The summed E-state index contributed by atoms with van der Waals surface area (Å²) in [6, 6.07) is 5.11. The van der Waals surface area contributed by atoms with E-state index in [2.05, 4.69) is 15.5 Å². The number of halogens is 3. The molecule has 3 rings (SSSR count). The molecule has 3 N–H and O–H groups in total. The number of anilines is 1. The van der Waals surface area contributed by atoms with Gasteiger partial charge in [-0.2, -0.15) is 13.2 Å². The van der Waals surface area contributed by atoms with Crippen molar-refractivity contribution in [3.8, 4) is 0 Å². The van der Waals surface area contributed by atoms with Crippen LogP contribution in [0.4, 0.5) is 23.7 Å². The van der Waals surface area contributed by atoms with Gasteiger partial charge in [-0.05, 0) is 56.5 Å². The van der Waals surface area contributed by atoms with Crippen LogP contribution in [0.5, 0.6) is 0 Å². The monoisotopic (exact) mass is 385 g/mol. The van der Waals surface area contributed by atoms with Gasteiger partial charge in [-0.3, -0.25) is 0 Å². The summed E-state index contributed by atoms with van der Waals surface area (Å²) in [5.41, 5.74) is 0.0533. The molecule has 0 spiro atoms. The third-order valence-corrected chi connectivity index (χ3v) is 5.55. The van der Waals surface area contributed by atoms with Crippen LogP contribution in [-0.2, 0) is 6.18 Å². The molecule has 1 saturated carbocycles. The fourth-order valence-corrected chi connectivity index (χ4v) is 4.34. The van der Waals surface area contributed by atoms with Gasteiger partial charge in [0.1, 0.15) is 0 Å². The normalized spacial score (nSPS) is 26.4. The second-order valence-corrected chi connectivity index (χ2v) is 7.36. The van der Waals surface area contributed by atoms with E-state index in [9.17, 15) is 23.1 Å². The third kappa shape index (κ3) is 4.86. The van der Waals surface area contributed by atoms with E-state index in [1.165, 1.54) is 12.1 Å². The average Bonchev–Trinajstić information content (AvgIpc) is 2.64. The Morgan fingerprint density at radius 1 is 1.11 bits per heavy atom. The van der Waals surface area contributed by atoms with E-state index in [4.69, 9.17) is 0 Å². The zero-order chi connectivity index (χ0) is 19.4. The zero-order valence-electron chi connectivity index (χ0n) is 15.1. The molecular weight excluding hydrogens is 359 g/mol.